The summed E-state index contributed by atoms with van der Waals surface area (Å²) in [5.41, 5.74) is 2.43. The Morgan fingerprint density at radius 2 is 1.85 bits per heavy atom. The van der Waals surface area contributed by atoms with E-state index in [9.17, 15) is 17.6 Å². The molecular weight excluding hydrogens is 367 g/mol. The van der Waals surface area contributed by atoms with E-state index in [1.807, 2.05) is 18.2 Å². The SMILES string of the molecule is O=C(NC1CCCc2ccccc21)c1ccc(F)c(S(=O)(=O)NC2CC2)c1. The van der Waals surface area contributed by atoms with Crippen LogP contribution in [0.5, 0.6) is 0 Å². The number of halogens is 1. The van der Waals surface area contributed by atoms with Gasteiger partial charge >= 0.3 is 0 Å². The van der Waals surface area contributed by atoms with Crippen LogP contribution in [0.4, 0.5) is 4.39 Å². The smallest absolute Gasteiger partial charge is 0.251 e. The molecule has 0 aliphatic heterocycles. The maximum atomic E-state index is 14.1. The first kappa shape index (κ1) is 18.1. The van der Waals surface area contributed by atoms with Crippen LogP contribution in [0.2, 0.25) is 0 Å². The fraction of sp³-hybridized carbons (Fsp3) is 0.350. The van der Waals surface area contributed by atoms with Crippen LogP contribution < -0.4 is 10.0 Å². The Hall–Kier alpha value is -2.25. The molecule has 1 saturated carbocycles. The van der Waals surface area contributed by atoms with Crippen molar-refractivity contribution in [2.45, 2.75) is 49.1 Å². The Morgan fingerprint density at radius 1 is 1.07 bits per heavy atom. The van der Waals surface area contributed by atoms with E-state index in [0.29, 0.717) is 0 Å². The van der Waals surface area contributed by atoms with Crippen LogP contribution in [0.25, 0.3) is 0 Å². The first-order valence-corrected chi connectivity index (χ1v) is 10.6. The van der Waals surface area contributed by atoms with Crippen LogP contribution in [-0.4, -0.2) is 20.4 Å². The number of nitrogens with one attached hydrogen (secondary N) is 2. The number of hydrogen-bond donors (Lipinski definition) is 2. The van der Waals surface area contributed by atoms with Gasteiger partial charge in [0.1, 0.15) is 10.7 Å². The Kier molecular flexibility index (Phi) is 4.74. The highest BCUT2D eigenvalue weighted by atomic mass is 32.2. The largest absolute Gasteiger partial charge is 0.345 e. The highest BCUT2D eigenvalue weighted by Gasteiger charge is 2.30. The molecule has 2 aliphatic carbocycles. The first-order chi connectivity index (χ1) is 12.9. The quantitative estimate of drug-likeness (QED) is 0.827. The van der Waals surface area contributed by atoms with Gasteiger partial charge in [0.05, 0.1) is 6.04 Å². The standard InChI is InChI=1S/C20H21FN2O3S/c21-17-11-8-14(12-19(17)27(25,26)23-15-9-10-15)20(24)22-18-7-3-5-13-4-1-2-6-16(13)18/h1-2,4,6,8,11-12,15,18,23H,3,5,7,9-10H2,(H,22,24). The van der Waals surface area contributed by atoms with Crippen molar-refractivity contribution in [1.29, 1.82) is 0 Å². The highest BCUT2D eigenvalue weighted by molar-refractivity contribution is 7.89. The molecule has 0 bridgehead atoms. The van der Waals surface area contributed by atoms with Gasteiger partial charge in [-0.2, -0.15) is 0 Å². The predicted molar refractivity (Wildman–Crippen MR) is 99.3 cm³/mol. The van der Waals surface area contributed by atoms with Gasteiger partial charge in [0.15, 0.2) is 0 Å². The molecule has 1 atom stereocenters. The lowest BCUT2D eigenvalue weighted by molar-refractivity contribution is 0.0932. The molecule has 2 aromatic rings. The van der Waals surface area contributed by atoms with Crippen LogP contribution in [-0.2, 0) is 16.4 Å². The summed E-state index contributed by atoms with van der Waals surface area (Å²) in [5.74, 6) is -1.26. The van der Waals surface area contributed by atoms with E-state index in [4.69, 9.17) is 0 Å². The molecule has 0 radical (unpaired) electrons. The Balaban J connectivity index is 1.57. The monoisotopic (exact) mass is 388 g/mol. The van der Waals surface area contributed by atoms with E-state index in [2.05, 4.69) is 16.1 Å². The number of benzene rings is 2. The Morgan fingerprint density at radius 3 is 2.63 bits per heavy atom. The van der Waals surface area contributed by atoms with Crippen molar-refractivity contribution in [3.05, 3.63) is 65.0 Å². The van der Waals surface area contributed by atoms with Crippen molar-refractivity contribution in [3.63, 3.8) is 0 Å². The zero-order valence-corrected chi connectivity index (χ0v) is 15.6. The zero-order valence-electron chi connectivity index (χ0n) is 14.7. The van der Waals surface area contributed by atoms with Gasteiger partial charge in [-0.1, -0.05) is 24.3 Å². The van der Waals surface area contributed by atoms with E-state index in [1.54, 1.807) is 0 Å². The van der Waals surface area contributed by atoms with Crippen LogP contribution >= 0.6 is 0 Å². The number of fused-ring (bicyclic) bond motifs is 1. The van der Waals surface area contributed by atoms with Crippen LogP contribution in [0.15, 0.2) is 47.4 Å². The Bertz CT molecular complexity index is 986. The molecule has 27 heavy (non-hydrogen) atoms. The van der Waals surface area contributed by atoms with Gasteiger partial charge in [-0.05, 0) is 61.4 Å². The lowest BCUT2D eigenvalue weighted by Gasteiger charge is -2.26. The number of aryl methyl sites for hydroxylation is 1. The summed E-state index contributed by atoms with van der Waals surface area (Å²) >= 11 is 0. The first-order valence-electron chi connectivity index (χ1n) is 9.14. The summed E-state index contributed by atoms with van der Waals surface area (Å²) in [6.45, 7) is 0. The summed E-state index contributed by atoms with van der Waals surface area (Å²) in [6, 6.07) is 11.2. The average Bonchev–Trinajstić information content (AvgIpc) is 3.45. The van der Waals surface area contributed by atoms with E-state index >= 15 is 0 Å². The lowest BCUT2D eigenvalue weighted by Crippen LogP contribution is -2.31. The van der Waals surface area contributed by atoms with Crippen molar-refractivity contribution >= 4 is 15.9 Å². The number of sulfonamides is 1. The number of hydrogen-bond acceptors (Lipinski definition) is 3. The molecule has 0 spiro atoms. The lowest BCUT2D eigenvalue weighted by atomic mass is 9.87. The van der Waals surface area contributed by atoms with Gasteiger partial charge in [0.2, 0.25) is 10.0 Å². The normalized spacial score (nSPS) is 19.4. The van der Waals surface area contributed by atoms with Gasteiger partial charge in [-0.15, -0.1) is 0 Å². The second-order valence-electron chi connectivity index (χ2n) is 7.16. The summed E-state index contributed by atoms with van der Waals surface area (Å²) in [7, 11) is -3.97. The molecule has 1 amide bonds. The molecule has 4 rings (SSSR count). The van der Waals surface area contributed by atoms with Crippen molar-refractivity contribution in [1.82, 2.24) is 10.0 Å². The van der Waals surface area contributed by atoms with Crippen molar-refractivity contribution in [2.75, 3.05) is 0 Å². The number of carbonyl (C=O) groups excluding carboxylic acids is 1. The third-order valence-electron chi connectivity index (χ3n) is 5.06. The molecule has 142 valence electrons. The minimum Gasteiger partial charge on any atom is -0.345 e. The highest BCUT2D eigenvalue weighted by Crippen LogP contribution is 2.30. The van der Waals surface area contributed by atoms with Crippen molar-refractivity contribution in [2.24, 2.45) is 0 Å². The van der Waals surface area contributed by atoms with Crippen LogP contribution in [0, 0.1) is 5.82 Å². The summed E-state index contributed by atoms with van der Waals surface area (Å²) < 4.78 is 41.3. The van der Waals surface area contributed by atoms with Gasteiger partial charge < -0.3 is 5.32 Å². The van der Waals surface area contributed by atoms with E-state index in [1.165, 1.54) is 11.6 Å². The average molecular weight is 388 g/mol. The molecule has 0 saturated heterocycles. The molecule has 7 heteroatoms. The second kappa shape index (κ2) is 7.05. The van der Waals surface area contributed by atoms with Gasteiger partial charge in [0, 0.05) is 11.6 Å². The summed E-state index contributed by atoms with van der Waals surface area (Å²) in [6.07, 6.45) is 4.27. The van der Waals surface area contributed by atoms with Crippen molar-refractivity contribution in [3.8, 4) is 0 Å². The predicted octanol–water partition coefficient (Wildman–Crippen LogP) is 3.07. The molecule has 2 N–H and O–H groups in total. The van der Waals surface area contributed by atoms with Crippen molar-refractivity contribution < 1.29 is 17.6 Å². The van der Waals surface area contributed by atoms with E-state index < -0.39 is 26.6 Å². The third kappa shape index (κ3) is 3.89. The molecule has 0 aromatic heterocycles. The molecule has 0 heterocycles. The molecule has 2 aliphatic rings. The summed E-state index contributed by atoms with van der Waals surface area (Å²) in [4.78, 5) is 12.2. The molecular formula is C20H21FN2O3S. The minimum absolute atomic E-state index is 0.128. The van der Waals surface area contributed by atoms with Gasteiger partial charge in [-0.3, -0.25) is 4.79 Å². The maximum absolute atomic E-state index is 14.1. The maximum Gasteiger partial charge on any atom is 0.251 e. The van der Waals surface area contributed by atoms with Gasteiger partial charge in [-0.25, -0.2) is 17.5 Å². The summed E-state index contributed by atoms with van der Waals surface area (Å²) in [5, 5.41) is 2.97. The Labute approximate surface area is 158 Å². The van der Waals surface area contributed by atoms with E-state index in [0.717, 1.165) is 49.8 Å². The number of carbonyl (C=O) groups is 1. The third-order valence-corrected chi connectivity index (χ3v) is 6.59. The molecule has 1 fully saturated rings. The van der Waals surface area contributed by atoms with E-state index in [-0.39, 0.29) is 17.6 Å². The van der Waals surface area contributed by atoms with Gasteiger partial charge in [0.25, 0.3) is 5.91 Å². The molecule has 1 unspecified atom stereocenters. The fourth-order valence-electron chi connectivity index (χ4n) is 3.48. The fourth-order valence-corrected chi connectivity index (χ4v) is 4.89. The zero-order chi connectivity index (χ0) is 19.0. The van der Waals surface area contributed by atoms with Crippen LogP contribution in [0.3, 0.4) is 0 Å². The topological polar surface area (TPSA) is 75.3 Å². The van der Waals surface area contributed by atoms with Crippen LogP contribution in [0.1, 0.15) is 53.2 Å². The number of rotatable bonds is 5. The molecule has 2 aromatic carbocycles. The molecule has 5 nitrogen and oxygen atoms in total. The minimum atomic E-state index is -3.97. The number of amides is 1. The second-order valence-corrected chi connectivity index (χ2v) is 8.84.